The van der Waals surface area contributed by atoms with Gasteiger partial charge < -0.3 is 4.74 Å². The van der Waals surface area contributed by atoms with Gasteiger partial charge in [0.2, 0.25) is 0 Å². The zero-order valence-electron chi connectivity index (χ0n) is 9.45. The summed E-state index contributed by atoms with van der Waals surface area (Å²) in [5, 5.41) is 1.57. The topological polar surface area (TPSA) is 9.23 Å². The minimum absolute atomic E-state index is 0.237. The molecule has 3 rings (SSSR count). The van der Waals surface area contributed by atoms with E-state index in [1.165, 1.54) is 11.1 Å². The molecule has 0 aliphatic carbocycles. The third-order valence-corrected chi connectivity index (χ3v) is 5.34. The summed E-state index contributed by atoms with van der Waals surface area (Å²) in [6.45, 7) is 7.20. The van der Waals surface area contributed by atoms with Crippen LogP contribution in [0.5, 0.6) is 0 Å². The summed E-state index contributed by atoms with van der Waals surface area (Å²) in [6, 6.07) is 6.69. The Bertz CT molecular complexity index is 442. The molecule has 0 radical (unpaired) electrons. The van der Waals surface area contributed by atoms with Crippen molar-refractivity contribution in [3.8, 4) is 0 Å². The predicted octanol–water partition coefficient (Wildman–Crippen LogP) is 2.91. The third-order valence-electron chi connectivity index (χ3n) is 3.29. The van der Waals surface area contributed by atoms with Crippen LogP contribution in [0.15, 0.2) is 30.4 Å². The third kappa shape index (κ3) is 1.25. The number of ether oxygens (including phenoxy) is 1. The van der Waals surface area contributed by atoms with E-state index in [4.69, 9.17) is 4.74 Å². The molecule has 0 saturated carbocycles. The molecular formula is C13H16OSi. The molecule has 1 aromatic carbocycles. The van der Waals surface area contributed by atoms with Gasteiger partial charge in [0.25, 0.3) is 0 Å². The van der Waals surface area contributed by atoms with Crippen molar-refractivity contribution in [3.63, 3.8) is 0 Å². The quantitative estimate of drug-likeness (QED) is 0.518. The van der Waals surface area contributed by atoms with E-state index in [1.54, 1.807) is 5.19 Å². The number of hydrogen-bond donors (Lipinski definition) is 0. The lowest BCUT2D eigenvalue weighted by Crippen LogP contribution is -2.40. The van der Waals surface area contributed by atoms with Gasteiger partial charge in [-0.05, 0) is 11.1 Å². The van der Waals surface area contributed by atoms with Gasteiger partial charge in [0.05, 0.1) is 8.07 Å². The molecule has 1 nitrogen and oxygen atoms in total. The largest absolute Gasteiger partial charge is 0.357 e. The van der Waals surface area contributed by atoms with Crippen molar-refractivity contribution in [3.05, 3.63) is 41.5 Å². The van der Waals surface area contributed by atoms with E-state index in [0.29, 0.717) is 0 Å². The van der Waals surface area contributed by atoms with Gasteiger partial charge in [0.15, 0.2) is 0 Å². The fourth-order valence-corrected chi connectivity index (χ4v) is 4.29. The molecule has 15 heavy (non-hydrogen) atoms. The van der Waals surface area contributed by atoms with Crippen molar-refractivity contribution in [1.29, 1.82) is 0 Å². The second-order valence-electron chi connectivity index (χ2n) is 5.42. The van der Waals surface area contributed by atoms with Gasteiger partial charge in [-0.2, -0.15) is 0 Å². The molecule has 2 bridgehead atoms. The Morgan fingerprint density at radius 3 is 2.53 bits per heavy atom. The molecule has 2 heteroatoms. The first-order valence-electron chi connectivity index (χ1n) is 5.54. The van der Waals surface area contributed by atoms with Crippen LogP contribution in [0.1, 0.15) is 23.3 Å². The lowest BCUT2D eigenvalue weighted by atomic mass is 9.97. The SMILES string of the molecule is C[Si](C)(C)c1cccc2c1[C@H]1C=C[C@@H]2O1. The second-order valence-corrected chi connectivity index (χ2v) is 10.5. The molecule has 0 amide bonds. The van der Waals surface area contributed by atoms with E-state index in [2.05, 4.69) is 50.0 Å². The van der Waals surface area contributed by atoms with Crippen LogP contribution in [-0.4, -0.2) is 8.07 Å². The molecular weight excluding hydrogens is 200 g/mol. The molecule has 0 fully saturated rings. The summed E-state index contributed by atoms with van der Waals surface area (Å²) in [6.07, 6.45) is 4.87. The Morgan fingerprint density at radius 2 is 1.80 bits per heavy atom. The van der Waals surface area contributed by atoms with E-state index in [9.17, 15) is 0 Å². The molecule has 0 aromatic heterocycles. The predicted molar refractivity (Wildman–Crippen MR) is 65.1 cm³/mol. The molecule has 1 aromatic rings. The van der Waals surface area contributed by atoms with Crippen LogP contribution in [0, 0.1) is 0 Å². The number of benzene rings is 1. The number of fused-ring (bicyclic) bond motifs is 5. The summed E-state index contributed by atoms with van der Waals surface area (Å²) in [5.41, 5.74) is 2.88. The molecule has 0 spiro atoms. The normalized spacial score (nSPS) is 27.1. The highest BCUT2D eigenvalue weighted by Gasteiger charge is 2.37. The average Bonchev–Trinajstić information content (AvgIpc) is 2.76. The number of hydrogen-bond acceptors (Lipinski definition) is 1. The first kappa shape index (κ1) is 9.37. The van der Waals surface area contributed by atoms with E-state index in [-0.39, 0.29) is 12.2 Å². The van der Waals surface area contributed by atoms with Gasteiger partial charge in [0, 0.05) is 0 Å². The summed E-state index contributed by atoms with van der Waals surface area (Å²) in [5.74, 6) is 0. The van der Waals surface area contributed by atoms with Crippen molar-refractivity contribution < 1.29 is 4.74 Å². The van der Waals surface area contributed by atoms with E-state index >= 15 is 0 Å². The van der Waals surface area contributed by atoms with Gasteiger partial charge in [-0.25, -0.2) is 0 Å². The van der Waals surface area contributed by atoms with Gasteiger partial charge in [-0.3, -0.25) is 0 Å². The van der Waals surface area contributed by atoms with Crippen molar-refractivity contribution in [1.82, 2.24) is 0 Å². The zero-order chi connectivity index (χ0) is 10.6. The molecule has 2 aliphatic rings. The van der Waals surface area contributed by atoms with Crippen LogP contribution in [0.25, 0.3) is 0 Å². The summed E-state index contributed by atoms with van der Waals surface area (Å²) in [4.78, 5) is 0. The molecule has 0 unspecified atom stereocenters. The Balaban J connectivity index is 2.22. The lowest BCUT2D eigenvalue weighted by Gasteiger charge is -2.22. The minimum atomic E-state index is -1.24. The fraction of sp³-hybridized carbons (Fsp3) is 0.385. The average molecular weight is 216 g/mol. The van der Waals surface area contributed by atoms with Crippen LogP contribution in [0.4, 0.5) is 0 Å². The monoisotopic (exact) mass is 216 g/mol. The van der Waals surface area contributed by atoms with E-state index in [1.807, 2.05) is 0 Å². The van der Waals surface area contributed by atoms with Gasteiger partial charge in [-0.1, -0.05) is 55.2 Å². The maximum absolute atomic E-state index is 5.89. The Hall–Kier alpha value is -0.863. The van der Waals surface area contributed by atoms with Gasteiger partial charge in [0.1, 0.15) is 12.2 Å². The van der Waals surface area contributed by atoms with Crippen LogP contribution in [0.3, 0.4) is 0 Å². The van der Waals surface area contributed by atoms with Crippen molar-refractivity contribution in [2.75, 3.05) is 0 Å². The summed E-state index contributed by atoms with van der Waals surface area (Å²) >= 11 is 0. The van der Waals surface area contributed by atoms with Gasteiger partial charge in [-0.15, -0.1) is 0 Å². The molecule has 2 aliphatic heterocycles. The van der Waals surface area contributed by atoms with Crippen LogP contribution < -0.4 is 5.19 Å². The van der Waals surface area contributed by atoms with Gasteiger partial charge >= 0.3 is 0 Å². The lowest BCUT2D eigenvalue weighted by molar-refractivity contribution is 0.0881. The van der Waals surface area contributed by atoms with Crippen LogP contribution >= 0.6 is 0 Å². The zero-order valence-corrected chi connectivity index (χ0v) is 10.4. The Kier molecular flexibility index (Phi) is 1.77. The van der Waals surface area contributed by atoms with E-state index < -0.39 is 8.07 Å². The highest BCUT2D eigenvalue weighted by Crippen LogP contribution is 2.45. The first-order chi connectivity index (χ1) is 7.07. The van der Waals surface area contributed by atoms with Crippen LogP contribution in [-0.2, 0) is 4.74 Å². The van der Waals surface area contributed by atoms with Crippen molar-refractivity contribution in [2.45, 2.75) is 31.8 Å². The smallest absolute Gasteiger partial charge is 0.102 e. The molecule has 0 N–H and O–H groups in total. The van der Waals surface area contributed by atoms with Crippen molar-refractivity contribution >= 4 is 13.3 Å². The standard InChI is InChI=1S/C13H16OSi/c1-15(2,3)12-6-4-5-9-10-7-8-11(14-10)13(9)12/h4-8,10-11H,1-3H3/t10-,11+/m0/s1. The molecule has 2 heterocycles. The van der Waals surface area contributed by atoms with E-state index in [0.717, 1.165) is 0 Å². The molecule has 2 atom stereocenters. The fourth-order valence-electron chi connectivity index (χ4n) is 2.59. The Labute approximate surface area is 91.8 Å². The molecule has 78 valence electrons. The van der Waals surface area contributed by atoms with Crippen LogP contribution in [0.2, 0.25) is 19.6 Å². The highest BCUT2D eigenvalue weighted by molar-refractivity contribution is 6.89. The summed E-state index contributed by atoms with van der Waals surface area (Å²) < 4.78 is 5.89. The molecule has 0 saturated heterocycles. The number of rotatable bonds is 1. The minimum Gasteiger partial charge on any atom is -0.357 e. The second kappa shape index (κ2) is 2.83. The Morgan fingerprint density at radius 1 is 1.07 bits per heavy atom. The maximum atomic E-state index is 5.89. The maximum Gasteiger partial charge on any atom is 0.102 e. The first-order valence-corrected chi connectivity index (χ1v) is 9.04. The highest BCUT2D eigenvalue weighted by atomic mass is 28.3. The van der Waals surface area contributed by atoms with Crippen molar-refractivity contribution in [2.24, 2.45) is 0 Å². The summed E-state index contributed by atoms with van der Waals surface area (Å²) in [7, 11) is -1.24.